The minimum atomic E-state index is -0.0174. The number of hydrogen-bond donors (Lipinski definition) is 1. The van der Waals surface area contributed by atoms with Crippen LogP contribution in [-0.4, -0.2) is 0 Å². The molecule has 1 heteroatoms. The van der Waals surface area contributed by atoms with Crippen LogP contribution in [0.2, 0.25) is 0 Å². The van der Waals surface area contributed by atoms with Gasteiger partial charge in [0.15, 0.2) is 0 Å². The van der Waals surface area contributed by atoms with Gasteiger partial charge < -0.3 is 5.32 Å². The number of anilines is 2. The molecule has 0 saturated heterocycles. The molecule has 6 rings (SSSR count). The summed E-state index contributed by atoms with van der Waals surface area (Å²) in [5.74, 6) is 0. The van der Waals surface area contributed by atoms with Crippen LogP contribution in [-0.2, 0) is 11.8 Å². The predicted octanol–water partition coefficient (Wildman–Crippen LogP) is 7.31. The zero-order valence-electron chi connectivity index (χ0n) is 16.8. The lowest BCUT2D eigenvalue weighted by Crippen LogP contribution is -2.17. The first-order chi connectivity index (χ1) is 14.1. The highest BCUT2D eigenvalue weighted by molar-refractivity contribution is 5.89. The van der Waals surface area contributed by atoms with Gasteiger partial charge in [0.1, 0.15) is 0 Å². The van der Waals surface area contributed by atoms with Crippen molar-refractivity contribution in [3.8, 4) is 22.3 Å². The molecule has 0 bridgehead atoms. The molecule has 1 N–H and O–H groups in total. The van der Waals surface area contributed by atoms with E-state index in [-0.39, 0.29) is 5.41 Å². The van der Waals surface area contributed by atoms with Crippen molar-refractivity contribution >= 4 is 11.4 Å². The molecular weight excluding hydrogens is 350 g/mol. The van der Waals surface area contributed by atoms with E-state index in [1.807, 2.05) is 0 Å². The lowest BCUT2D eigenvalue weighted by atomic mass is 9.81. The van der Waals surface area contributed by atoms with Crippen LogP contribution in [0, 0.1) is 0 Å². The number of rotatable bonds is 2. The van der Waals surface area contributed by atoms with Gasteiger partial charge in [-0.2, -0.15) is 0 Å². The summed E-state index contributed by atoms with van der Waals surface area (Å²) in [5, 5.41) is 3.83. The molecule has 0 fully saturated rings. The molecule has 29 heavy (non-hydrogen) atoms. The van der Waals surface area contributed by atoms with E-state index >= 15 is 0 Å². The van der Waals surface area contributed by atoms with Gasteiger partial charge in [-0.3, -0.25) is 0 Å². The van der Waals surface area contributed by atoms with Crippen molar-refractivity contribution in [3.05, 3.63) is 107 Å². The van der Waals surface area contributed by atoms with E-state index in [1.54, 1.807) is 0 Å². The first kappa shape index (κ1) is 16.6. The molecular formula is C28H23N. The molecule has 0 saturated carbocycles. The normalized spacial score (nSPS) is 14.7. The number of nitrogens with one attached hydrogen (secondary N) is 1. The first-order valence-corrected chi connectivity index (χ1v) is 10.3. The minimum Gasteiger partial charge on any atom is -0.355 e. The summed E-state index contributed by atoms with van der Waals surface area (Å²) in [5.41, 5.74) is 13.5. The minimum absolute atomic E-state index is 0.0174. The number of fused-ring (bicyclic) bond motifs is 6. The van der Waals surface area contributed by atoms with Gasteiger partial charge in [-0.25, -0.2) is 0 Å². The zero-order chi connectivity index (χ0) is 19.6. The maximum atomic E-state index is 3.83. The fourth-order valence-electron chi connectivity index (χ4n) is 5.37. The summed E-state index contributed by atoms with van der Waals surface area (Å²) in [6.07, 6.45) is 0.993. The highest BCUT2D eigenvalue weighted by atomic mass is 14.9. The molecule has 0 aliphatic heterocycles. The Balaban J connectivity index is 1.48. The highest BCUT2D eigenvalue weighted by Crippen LogP contribution is 2.52. The van der Waals surface area contributed by atoms with E-state index in [0.29, 0.717) is 0 Å². The van der Waals surface area contributed by atoms with E-state index in [1.165, 1.54) is 55.9 Å². The molecule has 1 nitrogen and oxygen atoms in total. The molecule has 4 aromatic carbocycles. The average molecular weight is 373 g/mol. The second-order valence-electron chi connectivity index (χ2n) is 8.69. The van der Waals surface area contributed by atoms with Crippen LogP contribution in [0.4, 0.5) is 11.4 Å². The molecule has 0 amide bonds. The molecule has 4 aromatic rings. The molecule has 0 heterocycles. The third kappa shape index (κ3) is 2.28. The van der Waals surface area contributed by atoms with Crippen LogP contribution < -0.4 is 5.32 Å². The van der Waals surface area contributed by atoms with Crippen molar-refractivity contribution < 1.29 is 0 Å². The Labute approximate surface area is 172 Å². The van der Waals surface area contributed by atoms with E-state index in [2.05, 4.69) is 104 Å². The Morgan fingerprint density at radius 3 is 2.14 bits per heavy atom. The fraction of sp³-hybridized carbons (Fsp3) is 0.143. The van der Waals surface area contributed by atoms with E-state index in [9.17, 15) is 0 Å². The largest absolute Gasteiger partial charge is 0.355 e. The van der Waals surface area contributed by atoms with Gasteiger partial charge in [-0.1, -0.05) is 86.6 Å². The van der Waals surface area contributed by atoms with Crippen LogP contribution in [0.5, 0.6) is 0 Å². The highest BCUT2D eigenvalue weighted by Gasteiger charge is 2.37. The second-order valence-corrected chi connectivity index (χ2v) is 8.69. The summed E-state index contributed by atoms with van der Waals surface area (Å²) in [7, 11) is 0. The van der Waals surface area contributed by atoms with Crippen molar-refractivity contribution in [2.75, 3.05) is 5.32 Å². The summed E-state index contributed by atoms with van der Waals surface area (Å²) < 4.78 is 0. The smallest absolute Gasteiger partial charge is 0.0432 e. The van der Waals surface area contributed by atoms with Crippen molar-refractivity contribution in [1.82, 2.24) is 0 Å². The van der Waals surface area contributed by atoms with Crippen molar-refractivity contribution in [2.45, 2.75) is 25.7 Å². The van der Waals surface area contributed by atoms with Crippen LogP contribution in [0.3, 0.4) is 0 Å². The van der Waals surface area contributed by atoms with Crippen LogP contribution in [0.15, 0.2) is 84.9 Å². The molecule has 2 aliphatic rings. The maximum Gasteiger partial charge on any atom is 0.0432 e. The SMILES string of the molecule is CC1(C)c2ccccc2-c2cccc(Nc3cccc4c3Cc3ccccc3-4)c21. The lowest BCUT2D eigenvalue weighted by Gasteiger charge is -2.25. The third-order valence-electron chi connectivity index (χ3n) is 6.70. The van der Waals surface area contributed by atoms with E-state index < -0.39 is 0 Å². The summed E-state index contributed by atoms with van der Waals surface area (Å²) >= 11 is 0. The van der Waals surface area contributed by atoms with Gasteiger partial charge in [0, 0.05) is 23.2 Å². The van der Waals surface area contributed by atoms with Gasteiger partial charge in [0.2, 0.25) is 0 Å². The maximum absolute atomic E-state index is 3.83. The Hall–Kier alpha value is -3.32. The summed E-state index contributed by atoms with van der Waals surface area (Å²) in [6.45, 7) is 4.68. The van der Waals surface area contributed by atoms with Gasteiger partial charge >= 0.3 is 0 Å². The quantitative estimate of drug-likeness (QED) is 0.342. The summed E-state index contributed by atoms with van der Waals surface area (Å²) in [4.78, 5) is 0. The van der Waals surface area contributed by atoms with Gasteiger partial charge in [0.05, 0.1) is 0 Å². The molecule has 0 radical (unpaired) electrons. The third-order valence-corrected chi connectivity index (χ3v) is 6.70. The monoisotopic (exact) mass is 373 g/mol. The Morgan fingerprint density at radius 2 is 1.28 bits per heavy atom. The fourth-order valence-corrected chi connectivity index (χ4v) is 5.37. The first-order valence-electron chi connectivity index (χ1n) is 10.3. The molecule has 0 aromatic heterocycles. The second kappa shape index (κ2) is 5.84. The van der Waals surface area contributed by atoms with Gasteiger partial charge in [-0.15, -0.1) is 0 Å². The van der Waals surface area contributed by atoms with Crippen LogP contribution in [0.1, 0.15) is 36.1 Å². The Bertz CT molecular complexity index is 1280. The molecule has 0 unspecified atom stereocenters. The number of benzene rings is 4. The van der Waals surface area contributed by atoms with Crippen molar-refractivity contribution in [1.29, 1.82) is 0 Å². The van der Waals surface area contributed by atoms with E-state index in [0.717, 1.165) is 6.42 Å². The molecule has 2 aliphatic carbocycles. The standard InChI is InChI=1S/C28H23N/c1-28(2)24-14-6-5-11-21(24)22-13-8-16-26(27(22)28)29-25-15-7-12-20-19-10-4-3-9-18(19)17-23(20)25/h3-16,29H,17H2,1-2H3. The van der Waals surface area contributed by atoms with Gasteiger partial charge in [0.25, 0.3) is 0 Å². The average Bonchev–Trinajstić information content (AvgIpc) is 3.23. The Kier molecular flexibility index (Phi) is 3.35. The molecule has 140 valence electrons. The topological polar surface area (TPSA) is 12.0 Å². The molecule has 0 atom stereocenters. The van der Waals surface area contributed by atoms with E-state index in [4.69, 9.17) is 0 Å². The van der Waals surface area contributed by atoms with Gasteiger partial charge in [-0.05, 0) is 56.6 Å². The van der Waals surface area contributed by atoms with Crippen molar-refractivity contribution in [2.24, 2.45) is 0 Å². The lowest BCUT2D eigenvalue weighted by molar-refractivity contribution is 0.662. The Morgan fingerprint density at radius 1 is 0.621 bits per heavy atom. The zero-order valence-corrected chi connectivity index (χ0v) is 16.8. The summed E-state index contributed by atoms with van der Waals surface area (Å²) in [6, 6.07) is 30.9. The van der Waals surface area contributed by atoms with Crippen LogP contribution in [0.25, 0.3) is 22.3 Å². The predicted molar refractivity (Wildman–Crippen MR) is 122 cm³/mol. The van der Waals surface area contributed by atoms with Crippen molar-refractivity contribution in [3.63, 3.8) is 0 Å². The number of hydrogen-bond acceptors (Lipinski definition) is 1. The van der Waals surface area contributed by atoms with Crippen LogP contribution >= 0.6 is 0 Å². The molecule has 0 spiro atoms.